The first-order valence-corrected chi connectivity index (χ1v) is 10.5. The number of aromatic amines is 1. The predicted octanol–water partition coefficient (Wildman–Crippen LogP) is 1.46. The molecule has 29 heavy (non-hydrogen) atoms. The summed E-state index contributed by atoms with van der Waals surface area (Å²) in [6.07, 6.45) is -0.187. The van der Waals surface area contributed by atoms with Crippen molar-refractivity contribution in [3.8, 4) is 0 Å². The van der Waals surface area contributed by atoms with Crippen molar-refractivity contribution in [1.82, 2.24) is 9.55 Å². The molecule has 1 spiro atoms. The van der Waals surface area contributed by atoms with E-state index in [1.165, 1.54) is 23.8 Å². The Hall–Kier alpha value is -2.36. The molecule has 2 fully saturated rings. The molecule has 3 heterocycles. The van der Waals surface area contributed by atoms with Gasteiger partial charge in [0.25, 0.3) is 5.56 Å². The summed E-state index contributed by atoms with van der Waals surface area (Å²) in [5.41, 5.74) is -0.820. The van der Waals surface area contributed by atoms with Crippen LogP contribution in [-0.4, -0.2) is 44.8 Å². The van der Waals surface area contributed by atoms with Crippen molar-refractivity contribution >= 4 is 17.7 Å². The van der Waals surface area contributed by atoms with Crippen molar-refractivity contribution in [1.29, 1.82) is 0 Å². The first-order valence-electron chi connectivity index (χ1n) is 9.38. The third-order valence-corrected chi connectivity index (χ3v) is 6.35. The number of aromatic nitrogens is 2. The number of nitrogens with one attached hydrogen (secondary N) is 1. The highest BCUT2D eigenvalue weighted by molar-refractivity contribution is 7.99. The number of ether oxygens (including phenoxy) is 3. The van der Waals surface area contributed by atoms with Crippen LogP contribution in [0, 0.1) is 0 Å². The number of hydrogen-bond donors (Lipinski definition) is 1. The molecule has 4 rings (SSSR count). The molecule has 2 saturated heterocycles. The maximum absolute atomic E-state index is 12.4. The molecule has 2 aliphatic heterocycles. The number of nitrogens with zero attached hydrogens (tertiary/aromatic N) is 1. The maximum Gasteiger partial charge on any atom is 0.330 e. The summed E-state index contributed by atoms with van der Waals surface area (Å²) < 4.78 is 19.5. The highest BCUT2D eigenvalue weighted by atomic mass is 32.2. The molecule has 0 amide bonds. The third-order valence-electron chi connectivity index (χ3n) is 5.17. The van der Waals surface area contributed by atoms with Crippen LogP contribution in [0.15, 0.2) is 52.2 Å². The minimum absolute atomic E-state index is 0.326. The first kappa shape index (κ1) is 19.9. The zero-order chi connectivity index (χ0) is 20.4. The van der Waals surface area contributed by atoms with Crippen molar-refractivity contribution < 1.29 is 19.0 Å². The van der Waals surface area contributed by atoms with Crippen molar-refractivity contribution in [2.24, 2.45) is 0 Å². The van der Waals surface area contributed by atoms with Gasteiger partial charge in [0.05, 0.1) is 6.61 Å². The van der Waals surface area contributed by atoms with Gasteiger partial charge in [-0.05, 0) is 17.7 Å². The molecule has 1 N–H and O–H groups in total. The maximum atomic E-state index is 12.4. The Morgan fingerprint density at radius 2 is 2.10 bits per heavy atom. The Kier molecular flexibility index (Phi) is 5.62. The summed E-state index contributed by atoms with van der Waals surface area (Å²) in [5.74, 6) is 1.06. The molecule has 4 atom stereocenters. The number of carbonyl (C=O) groups excluding carboxylic acids is 1. The van der Waals surface area contributed by atoms with E-state index in [4.69, 9.17) is 14.2 Å². The Morgan fingerprint density at radius 1 is 1.31 bits per heavy atom. The van der Waals surface area contributed by atoms with Crippen LogP contribution in [-0.2, 0) is 25.6 Å². The van der Waals surface area contributed by atoms with E-state index >= 15 is 0 Å². The highest BCUT2D eigenvalue weighted by Crippen LogP contribution is 2.48. The Labute approximate surface area is 171 Å². The average molecular weight is 418 g/mol. The van der Waals surface area contributed by atoms with E-state index in [0.29, 0.717) is 18.8 Å². The van der Waals surface area contributed by atoms with Crippen molar-refractivity contribution in [2.75, 3.05) is 11.5 Å². The van der Waals surface area contributed by atoms with E-state index in [-0.39, 0.29) is 0 Å². The Balaban J connectivity index is 1.69. The van der Waals surface area contributed by atoms with Crippen LogP contribution in [0.3, 0.4) is 0 Å². The van der Waals surface area contributed by atoms with Crippen LogP contribution in [0.5, 0.6) is 0 Å². The minimum Gasteiger partial charge on any atom is -0.455 e. The van der Waals surface area contributed by atoms with E-state index in [0.717, 1.165) is 11.3 Å². The molecule has 0 saturated carbocycles. The highest BCUT2D eigenvalue weighted by Gasteiger charge is 2.59. The monoisotopic (exact) mass is 418 g/mol. The molecular weight excluding hydrogens is 396 g/mol. The quantitative estimate of drug-likeness (QED) is 0.734. The fourth-order valence-electron chi connectivity index (χ4n) is 3.86. The standard InChI is InChI=1S/C20H22N2O6S/c1-13(23)27-16-17(26-11-14-5-3-2-4-6-14)20(8-10-29-12-20)28-18(16)22-9-7-15(24)21-19(22)25/h2-7,9,16-18H,8,10-12H2,1H3,(H,21,24,25)/t16-,17-,18-,20+/m1/s1. The molecule has 9 heteroatoms. The van der Waals surface area contributed by atoms with Gasteiger partial charge in [-0.25, -0.2) is 4.79 Å². The number of benzene rings is 1. The molecule has 2 aliphatic rings. The smallest absolute Gasteiger partial charge is 0.330 e. The Bertz CT molecular complexity index is 982. The number of H-pyrrole nitrogens is 1. The second-order valence-corrected chi connectivity index (χ2v) is 8.29. The number of rotatable bonds is 5. The fraction of sp³-hybridized carbons (Fsp3) is 0.450. The van der Waals surface area contributed by atoms with Crippen molar-refractivity contribution in [3.63, 3.8) is 0 Å². The first-order chi connectivity index (χ1) is 14.0. The fourth-order valence-corrected chi connectivity index (χ4v) is 5.22. The number of esters is 1. The van der Waals surface area contributed by atoms with Gasteiger partial charge >= 0.3 is 11.7 Å². The van der Waals surface area contributed by atoms with Gasteiger partial charge in [0.15, 0.2) is 12.3 Å². The molecule has 2 aromatic rings. The molecule has 1 aromatic heterocycles. The average Bonchev–Trinajstić information content (AvgIpc) is 3.26. The summed E-state index contributed by atoms with van der Waals surface area (Å²) >= 11 is 1.73. The van der Waals surface area contributed by atoms with E-state index in [2.05, 4.69) is 4.98 Å². The molecule has 8 nitrogen and oxygen atoms in total. The lowest BCUT2D eigenvalue weighted by Crippen LogP contribution is -2.46. The summed E-state index contributed by atoms with van der Waals surface area (Å²) in [7, 11) is 0. The SMILES string of the molecule is CC(=O)O[C@H]1[C@H](n2ccc(=O)[nH]c2=O)O[C@]2(CCSC2)[C@@H]1OCc1ccccc1. The molecule has 154 valence electrons. The van der Waals surface area contributed by atoms with Gasteiger partial charge in [-0.3, -0.25) is 19.1 Å². The van der Waals surface area contributed by atoms with Crippen molar-refractivity contribution in [2.45, 2.75) is 44.0 Å². The van der Waals surface area contributed by atoms with Crippen LogP contribution in [0.1, 0.15) is 25.1 Å². The number of carbonyl (C=O) groups is 1. The van der Waals surface area contributed by atoms with Gasteiger partial charge < -0.3 is 14.2 Å². The zero-order valence-electron chi connectivity index (χ0n) is 15.9. The van der Waals surface area contributed by atoms with E-state index in [9.17, 15) is 14.4 Å². The van der Waals surface area contributed by atoms with Crippen LogP contribution < -0.4 is 11.2 Å². The lowest BCUT2D eigenvalue weighted by atomic mass is 9.94. The second-order valence-electron chi connectivity index (χ2n) is 7.18. The molecule has 0 radical (unpaired) electrons. The van der Waals surface area contributed by atoms with Crippen LogP contribution >= 0.6 is 11.8 Å². The predicted molar refractivity (Wildman–Crippen MR) is 107 cm³/mol. The third kappa shape index (κ3) is 4.03. The number of hydrogen-bond acceptors (Lipinski definition) is 7. The molecule has 0 bridgehead atoms. The summed E-state index contributed by atoms with van der Waals surface area (Å²) in [4.78, 5) is 37.9. The van der Waals surface area contributed by atoms with Crippen LogP contribution in [0.2, 0.25) is 0 Å². The van der Waals surface area contributed by atoms with Gasteiger partial charge in [0, 0.05) is 24.9 Å². The molecule has 1 aromatic carbocycles. The summed E-state index contributed by atoms with van der Waals surface area (Å²) in [6, 6.07) is 10.9. The largest absolute Gasteiger partial charge is 0.455 e. The molecule has 0 aliphatic carbocycles. The van der Waals surface area contributed by atoms with Gasteiger partial charge in [0.2, 0.25) is 0 Å². The van der Waals surface area contributed by atoms with Gasteiger partial charge in [-0.15, -0.1) is 0 Å². The van der Waals surface area contributed by atoms with Gasteiger partial charge in [-0.1, -0.05) is 30.3 Å². The molecular formula is C20H22N2O6S. The van der Waals surface area contributed by atoms with E-state index < -0.39 is 41.3 Å². The topological polar surface area (TPSA) is 99.6 Å². The van der Waals surface area contributed by atoms with Gasteiger partial charge in [0.1, 0.15) is 11.7 Å². The van der Waals surface area contributed by atoms with Gasteiger partial charge in [-0.2, -0.15) is 11.8 Å². The summed E-state index contributed by atoms with van der Waals surface area (Å²) in [6.45, 7) is 1.64. The molecule has 0 unspecified atom stereocenters. The Morgan fingerprint density at radius 3 is 2.76 bits per heavy atom. The zero-order valence-corrected chi connectivity index (χ0v) is 16.7. The normalized spacial score (nSPS) is 28.7. The van der Waals surface area contributed by atoms with E-state index in [1.807, 2.05) is 30.3 Å². The minimum atomic E-state index is -0.886. The van der Waals surface area contributed by atoms with Crippen LogP contribution in [0.25, 0.3) is 0 Å². The van der Waals surface area contributed by atoms with Crippen LogP contribution in [0.4, 0.5) is 0 Å². The second kappa shape index (κ2) is 8.17. The lowest BCUT2D eigenvalue weighted by molar-refractivity contribution is -0.158. The lowest BCUT2D eigenvalue weighted by Gasteiger charge is -2.30. The van der Waals surface area contributed by atoms with Crippen molar-refractivity contribution in [3.05, 3.63) is 69.0 Å². The number of thioether (sulfide) groups is 1. The summed E-state index contributed by atoms with van der Waals surface area (Å²) in [5, 5.41) is 0. The van der Waals surface area contributed by atoms with E-state index in [1.54, 1.807) is 11.8 Å².